The molecule has 1 N–H and O–H groups in total. The molecule has 0 aromatic heterocycles. The molecule has 0 bridgehead atoms. The number of benzene rings is 2. The molecule has 0 amide bonds. The van der Waals surface area contributed by atoms with Gasteiger partial charge < -0.3 is 14.8 Å². The molecule has 0 unspecified atom stereocenters. The third-order valence-electron chi connectivity index (χ3n) is 3.90. The van der Waals surface area contributed by atoms with E-state index in [1.54, 1.807) is 0 Å². The number of hydrogen-bond donors (Lipinski definition) is 1. The maximum Gasteiger partial charge on any atom is 0.323 e. The fourth-order valence-electron chi connectivity index (χ4n) is 2.74. The Morgan fingerprint density at radius 1 is 1.21 bits per heavy atom. The Kier molecular flexibility index (Phi) is 6.66. The number of hydrogen-bond acceptors (Lipinski definition) is 4. The summed E-state index contributed by atoms with van der Waals surface area (Å²) in [5.74, 6) is 0.576. The van der Waals surface area contributed by atoms with Crippen molar-refractivity contribution < 1.29 is 14.3 Å². The van der Waals surface area contributed by atoms with E-state index >= 15 is 0 Å². The summed E-state index contributed by atoms with van der Waals surface area (Å²) >= 11 is 3.52. The Hall–Kier alpha value is -1.56. The predicted molar refractivity (Wildman–Crippen MR) is 99.7 cm³/mol. The highest BCUT2D eigenvalue weighted by Crippen LogP contribution is 2.34. The molecule has 0 aliphatic carbocycles. The minimum atomic E-state index is -0.291. The van der Waals surface area contributed by atoms with Crippen LogP contribution in [0, 0.1) is 0 Å². The molecular formula is C18H19BrClNO3. The average Bonchev–Trinajstić information content (AvgIpc) is 3.05. The van der Waals surface area contributed by atoms with Crippen molar-refractivity contribution in [1.29, 1.82) is 0 Å². The lowest BCUT2D eigenvalue weighted by molar-refractivity contribution is -0.142. The summed E-state index contributed by atoms with van der Waals surface area (Å²) in [6.45, 7) is 0.629. The van der Waals surface area contributed by atoms with E-state index in [0.29, 0.717) is 13.0 Å². The van der Waals surface area contributed by atoms with Crippen LogP contribution < -0.4 is 10.1 Å². The molecule has 0 saturated carbocycles. The zero-order valence-electron chi connectivity index (χ0n) is 13.2. The SMILES string of the molecule is COC(=O)[C@@H]1C[C@H](Oc2ccc(Br)cc2-c2ccccc2)CN1.Cl. The van der Waals surface area contributed by atoms with Gasteiger partial charge in [-0.2, -0.15) is 0 Å². The number of carbonyl (C=O) groups excluding carboxylic acids is 1. The lowest BCUT2D eigenvalue weighted by Gasteiger charge is -2.17. The first-order valence-corrected chi connectivity index (χ1v) is 8.29. The largest absolute Gasteiger partial charge is 0.488 e. The number of ether oxygens (including phenoxy) is 2. The average molecular weight is 413 g/mol. The van der Waals surface area contributed by atoms with Gasteiger partial charge in [0, 0.05) is 23.0 Å². The summed E-state index contributed by atoms with van der Waals surface area (Å²) in [4.78, 5) is 11.6. The second-order valence-corrected chi connectivity index (χ2v) is 6.38. The van der Waals surface area contributed by atoms with Gasteiger partial charge in [0.05, 0.1) is 7.11 Å². The van der Waals surface area contributed by atoms with E-state index in [-0.39, 0.29) is 30.5 Å². The fourth-order valence-corrected chi connectivity index (χ4v) is 3.10. The van der Waals surface area contributed by atoms with E-state index < -0.39 is 0 Å². The summed E-state index contributed by atoms with van der Waals surface area (Å²) in [6.07, 6.45) is 0.555. The van der Waals surface area contributed by atoms with Crippen LogP contribution in [0.4, 0.5) is 0 Å². The maximum atomic E-state index is 11.6. The van der Waals surface area contributed by atoms with Gasteiger partial charge in [0.25, 0.3) is 0 Å². The molecule has 4 nitrogen and oxygen atoms in total. The molecule has 3 rings (SSSR count). The van der Waals surface area contributed by atoms with Gasteiger partial charge in [-0.05, 0) is 23.8 Å². The number of methoxy groups -OCH3 is 1. The zero-order valence-corrected chi connectivity index (χ0v) is 15.6. The van der Waals surface area contributed by atoms with Crippen molar-refractivity contribution in [2.24, 2.45) is 0 Å². The Morgan fingerprint density at radius 2 is 1.96 bits per heavy atom. The van der Waals surface area contributed by atoms with Gasteiger partial charge in [0.1, 0.15) is 17.9 Å². The van der Waals surface area contributed by atoms with Crippen LogP contribution in [0.5, 0.6) is 5.75 Å². The van der Waals surface area contributed by atoms with Crippen molar-refractivity contribution in [1.82, 2.24) is 5.32 Å². The maximum absolute atomic E-state index is 11.6. The summed E-state index contributed by atoms with van der Waals surface area (Å²) < 4.78 is 11.9. The van der Waals surface area contributed by atoms with Crippen LogP contribution in [0.2, 0.25) is 0 Å². The zero-order chi connectivity index (χ0) is 16.2. The topological polar surface area (TPSA) is 47.6 Å². The van der Waals surface area contributed by atoms with E-state index in [4.69, 9.17) is 9.47 Å². The number of esters is 1. The highest BCUT2D eigenvalue weighted by atomic mass is 79.9. The monoisotopic (exact) mass is 411 g/mol. The minimum absolute atomic E-state index is 0. The van der Waals surface area contributed by atoms with Gasteiger partial charge in [0.2, 0.25) is 0 Å². The van der Waals surface area contributed by atoms with Crippen molar-refractivity contribution in [3.05, 3.63) is 53.0 Å². The summed E-state index contributed by atoms with van der Waals surface area (Å²) in [6, 6.07) is 15.8. The van der Waals surface area contributed by atoms with Crippen molar-refractivity contribution in [2.75, 3.05) is 13.7 Å². The summed E-state index contributed by atoms with van der Waals surface area (Å²) in [7, 11) is 1.40. The number of carbonyl (C=O) groups is 1. The molecule has 128 valence electrons. The predicted octanol–water partition coefficient (Wildman–Crippen LogP) is 3.82. The van der Waals surface area contributed by atoms with Crippen LogP contribution >= 0.6 is 28.3 Å². The van der Waals surface area contributed by atoms with Crippen LogP contribution in [-0.2, 0) is 9.53 Å². The standard InChI is InChI=1S/C18H18BrNO3.ClH/c1-22-18(21)16-10-14(11-20-16)23-17-8-7-13(19)9-15(17)12-5-3-2-4-6-12;/h2-9,14,16,20H,10-11H2,1H3;1H/t14-,16-;/m0./s1. The van der Waals surface area contributed by atoms with E-state index in [0.717, 1.165) is 21.3 Å². The molecule has 1 aliphatic heterocycles. The number of rotatable bonds is 4. The number of nitrogens with one attached hydrogen (secondary N) is 1. The lowest BCUT2D eigenvalue weighted by atomic mass is 10.0. The van der Waals surface area contributed by atoms with Crippen molar-refractivity contribution in [2.45, 2.75) is 18.6 Å². The molecule has 0 radical (unpaired) electrons. The van der Waals surface area contributed by atoms with Crippen LogP contribution in [-0.4, -0.2) is 31.8 Å². The van der Waals surface area contributed by atoms with Crippen molar-refractivity contribution in [3.8, 4) is 16.9 Å². The Labute approximate surface area is 156 Å². The van der Waals surface area contributed by atoms with Gasteiger partial charge >= 0.3 is 5.97 Å². The Balaban J connectivity index is 0.00000208. The molecule has 1 fully saturated rings. The van der Waals surface area contributed by atoms with Gasteiger partial charge in [-0.3, -0.25) is 4.79 Å². The summed E-state index contributed by atoms with van der Waals surface area (Å²) in [5, 5.41) is 3.14. The third-order valence-corrected chi connectivity index (χ3v) is 4.39. The van der Waals surface area contributed by atoms with Gasteiger partial charge in [0.15, 0.2) is 0 Å². The van der Waals surface area contributed by atoms with Gasteiger partial charge in [-0.1, -0.05) is 46.3 Å². The van der Waals surface area contributed by atoms with E-state index in [1.807, 2.05) is 36.4 Å². The second kappa shape index (κ2) is 8.51. The molecule has 1 aliphatic rings. The molecular weight excluding hydrogens is 394 g/mol. The Bertz CT molecular complexity index is 696. The fraction of sp³-hybridized carbons (Fsp3) is 0.278. The van der Waals surface area contributed by atoms with E-state index in [1.165, 1.54) is 7.11 Å². The summed E-state index contributed by atoms with van der Waals surface area (Å²) in [5.41, 5.74) is 2.13. The van der Waals surface area contributed by atoms with Crippen LogP contribution in [0.25, 0.3) is 11.1 Å². The van der Waals surface area contributed by atoms with Gasteiger partial charge in [-0.25, -0.2) is 0 Å². The first kappa shape index (κ1) is 18.8. The Morgan fingerprint density at radius 3 is 2.67 bits per heavy atom. The van der Waals surface area contributed by atoms with Crippen LogP contribution in [0.3, 0.4) is 0 Å². The van der Waals surface area contributed by atoms with Gasteiger partial charge in [-0.15, -0.1) is 12.4 Å². The number of halogens is 2. The van der Waals surface area contributed by atoms with E-state index in [2.05, 4.69) is 33.4 Å². The first-order valence-electron chi connectivity index (χ1n) is 7.50. The third kappa shape index (κ3) is 4.29. The van der Waals surface area contributed by atoms with Crippen molar-refractivity contribution in [3.63, 3.8) is 0 Å². The molecule has 0 spiro atoms. The quantitative estimate of drug-likeness (QED) is 0.776. The normalized spacial score (nSPS) is 19.4. The molecule has 1 heterocycles. The van der Waals surface area contributed by atoms with Crippen molar-refractivity contribution >= 4 is 34.3 Å². The lowest BCUT2D eigenvalue weighted by Crippen LogP contribution is -2.31. The minimum Gasteiger partial charge on any atom is -0.488 e. The molecule has 2 atom stereocenters. The van der Waals surface area contributed by atoms with Crippen LogP contribution in [0.15, 0.2) is 53.0 Å². The highest BCUT2D eigenvalue weighted by Gasteiger charge is 2.31. The van der Waals surface area contributed by atoms with Crippen LogP contribution in [0.1, 0.15) is 6.42 Å². The highest BCUT2D eigenvalue weighted by molar-refractivity contribution is 9.10. The molecule has 2 aromatic rings. The molecule has 24 heavy (non-hydrogen) atoms. The smallest absolute Gasteiger partial charge is 0.323 e. The molecule has 2 aromatic carbocycles. The first-order chi connectivity index (χ1) is 11.2. The van der Waals surface area contributed by atoms with E-state index in [9.17, 15) is 4.79 Å². The molecule has 6 heteroatoms. The second-order valence-electron chi connectivity index (χ2n) is 5.47. The molecule has 1 saturated heterocycles.